The third kappa shape index (κ3) is 2.48. The fraction of sp³-hybridized carbons (Fsp3) is 0.750. The van der Waals surface area contributed by atoms with Crippen LogP contribution < -0.4 is 0 Å². The fourth-order valence-electron chi connectivity index (χ4n) is 2.85. The molecular weight excluding hydrogens is 222 g/mol. The molecule has 5 heteroatoms. The highest BCUT2D eigenvalue weighted by Gasteiger charge is 2.39. The van der Waals surface area contributed by atoms with Gasteiger partial charge in [0.1, 0.15) is 6.04 Å². The number of rotatable bonds is 4. The van der Waals surface area contributed by atoms with Gasteiger partial charge in [-0.25, -0.2) is 4.79 Å². The summed E-state index contributed by atoms with van der Waals surface area (Å²) in [5.74, 6) is -1.90. The topological polar surface area (TPSA) is 74.7 Å². The maximum absolute atomic E-state index is 11.7. The average Bonchev–Trinajstić information content (AvgIpc) is 2.90. The van der Waals surface area contributed by atoms with E-state index in [1.54, 1.807) is 0 Å². The van der Waals surface area contributed by atoms with Crippen molar-refractivity contribution in [1.29, 1.82) is 0 Å². The fourth-order valence-corrected chi connectivity index (χ4v) is 2.85. The third-order valence-corrected chi connectivity index (χ3v) is 3.77. The van der Waals surface area contributed by atoms with Gasteiger partial charge >= 0.3 is 5.97 Å². The third-order valence-electron chi connectivity index (χ3n) is 3.77. The highest BCUT2D eigenvalue weighted by Crippen LogP contribution is 2.29. The van der Waals surface area contributed by atoms with Crippen LogP contribution in [0.1, 0.15) is 38.5 Å². The lowest BCUT2D eigenvalue weighted by Crippen LogP contribution is -2.43. The van der Waals surface area contributed by atoms with Crippen LogP contribution in [0.15, 0.2) is 0 Å². The van der Waals surface area contributed by atoms with Gasteiger partial charge in [-0.3, -0.25) is 9.59 Å². The summed E-state index contributed by atoms with van der Waals surface area (Å²) in [5, 5.41) is 8.72. The molecule has 1 N–H and O–H groups in total. The van der Waals surface area contributed by atoms with Crippen molar-refractivity contribution in [2.75, 3.05) is 6.54 Å². The minimum Gasteiger partial charge on any atom is -0.475 e. The lowest BCUT2D eigenvalue weighted by Gasteiger charge is -2.25. The maximum atomic E-state index is 11.7. The molecule has 0 aromatic carbocycles. The Hall–Kier alpha value is -1.39. The Bertz CT molecular complexity index is 346. The molecule has 2 fully saturated rings. The Morgan fingerprint density at radius 3 is 2.47 bits per heavy atom. The van der Waals surface area contributed by atoms with E-state index < -0.39 is 17.8 Å². The molecule has 1 amide bonds. The second-order valence-corrected chi connectivity index (χ2v) is 4.92. The van der Waals surface area contributed by atoms with Crippen LogP contribution in [-0.2, 0) is 14.4 Å². The summed E-state index contributed by atoms with van der Waals surface area (Å²) in [5.41, 5.74) is 0. The molecule has 2 aliphatic rings. The summed E-state index contributed by atoms with van der Waals surface area (Å²) < 4.78 is 0. The van der Waals surface area contributed by atoms with Gasteiger partial charge in [0.2, 0.25) is 5.91 Å². The van der Waals surface area contributed by atoms with Crippen molar-refractivity contribution in [2.45, 2.75) is 44.6 Å². The van der Waals surface area contributed by atoms with E-state index in [2.05, 4.69) is 0 Å². The molecule has 1 saturated heterocycles. The van der Waals surface area contributed by atoms with E-state index in [0.29, 0.717) is 25.3 Å². The molecular formula is C12H17NO4. The largest absolute Gasteiger partial charge is 0.475 e. The molecule has 17 heavy (non-hydrogen) atoms. The standard InChI is InChI=1S/C12H17NO4/c14-10-6-5-9(11(15)12(16)17)13(10)7-8-3-1-2-4-8/h8-9H,1-7H2,(H,16,17). The van der Waals surface area contributed by atoms with Gasteiger partial charge in [-0.05, 0) is 25.2 Å². The van der Waals surface area contributed by atoms with Gasteiger partial charge in [0.05, 0.1) is 0 Å². The van der Waals surface area contributed by atoms with Crippen LogP contribution >= 0.6 is 0 Å². The quantitative estimate of drug-likeness (QED) is 0.737. The highest BCUT2D eigenvalue weighted by molar-refractivity contribution is 6.35. The second-order valence-electron chi connectivity index (χ2n) is 4.92. The van der Waals surface area contributed by atoms with Crippen molar-refractivity contribution >= 4 is 17.7 Å². The van der Waals surface area contributed by atoms with Crippen molar-refractivity contribution in [3.05, 3.63) is 0 Å². The minimum atomic E-state index is -1.43. The first-order valence-corrected chi connectivity index (χ1v) is 6.16. The van der Waals surface area contributed by atoms with E-state index >= 15 is 0 Å². The number of hydrogen-bond acceptors (Lipinski definition) is 3. The molecule has 0 aromatic rings. The molecule has 2 rings (SSSR count). The molecule has 0 bridgehead atoms. The summed E-state index contributed by atoms with van der Waals surface area (Å²) in [6, 6.07) is -0.722. The van der Waals surface area contributed by atoms with Crippen molar-refractivity contribution in [1.82, 2.24) is 4.90 Å². The number of carbonyl (C=O) groups is 3. The molecule has 1 aliphatic carbocycles. The molecule has 1 unspecified atom stereocenters. The van der Waals surface area contributed by atoms with Crippen molar-refractivity contribution < 1.29 is 19.5 Å². The summed E-state index contributed by atoms with van der Waals surface area (Å²) in [7, 11) is 0. The number of aliphatic carboxylic acids is 1. The highest BCUT2D eigenvalue weighted by atomic mass is 16.4. The first-order chi connectivity index (χ1) is 8.09. The molecule has 1 atom stereocenters. The molecule has 94 valence electrons. The van der Waals surface area contributed by atoms with Gasteiger partial charge in [-0.2, -0.15) is 0 Å². The number of carboxylic acids is 1. The van der Waals surface area contributed by atoms with Gasteiger partial charge in [0, 0.05) is 13.0 Å². The zero-order chi connectivity index (χ0) is 12.4. The zero-order valence-corrected chi connectivity index (χ0v) is 9.72. The monoisotopic (exact) mass is 239 g/mol. The average molecular weight is 239 g/mol. The Morgan fingerprint density at radius 2 is 1.88 bits per heavy atom. The number of nitrogens with zero attached hydrogens (tertiary/aromatic N) is 1. The van der Waals surface area contributed by atoms with E-state index in [4.69, 9.17) is 5.11 Å². The predicted molar refractivity (Wildman–Crippen MR) is 59.3 cm³/mol. The number of hydrogen-bond donors (Lipinski definition) is 1. The smallest absolute Gasteiger partial charge is 0.374 e. The SMILES string of the molecule is O=C(O)C(=O)C1CCC(=O)N1CC1CCCC1. The Labute approximate surface area is 99.8 Å². The zero-order valence-electron chi connectivity index (χ0n) is 9.72. The Morgan fingerprint density at radius 1 is 1.24 bits per heavy atom. The van der Waals surface area contributed by atoms with Gasteiger partial charge < -0.3 is 10.0 Å². The predicted octanol–water partition coefficient (Wildman–Crippen LogP) is 0.821. The van der Waals surface area contributed by atoms with Crippen LogP contribution in [0.4, 0.5) is 0 Å². The Kier molecular flexibility index (Phi) is 3.45. The number of ketones is 1. The molecule has 5 nitrogen and oxygen atoms in total. The first-order valence-electron chi connectivity index (χ1n) is 6.16. The van der Waals surface area contributed by atoms with E-state index in [1.165, 1.54) is 17.7 Å². The minimum absolute atomic E-state index is 0.0727. The number of amides is 1. The molecule has 1 heterocycles. The van der Waals surface area contributed by atoms with E-state index in [-0.39, 0.29) is 5.91 Å². The number of likely N-dealkylation sites (tertiary alicyclic amines) is 1. The van der Waals surface area contributed by atoms with Gasteiger partial charge in [-0.1, -0.05) is 12.8 Å². The first kappa shape index (κ1) is 12.1. The van der Waals surface area contributed by atoms with Gasteiger partial charge in [0.25, 0.3) is 5.78 Å². The summed E-state index contributed by atoms with van der Waals surface area (Å²) in [4.78, 5) is 35.3. The molecule has 1 saturated carbocycles. The normalized spacial score (nSPS) is 25.5. The second kappa shape index (κ2) is 4.85. The van der Waals surface area contributed by atoms with Crippen molar-refractivity contribution in [3.8, 4) is 0 Å². The lowest BCUT2D eigenvalue weighted by atomic mass is 10.1. The van der Waals surface area contributed by atoms with E-state index in [9.17, 15) is 14.4 Å². The maximum Gasteiger partial charge on any atom is 0.374 e. The van der Waals surface area contributed by atoms with Crippen LogP contribution in [0.25, 0.3) is 0 Å². The van der Waals surface area contributed by atoms with Crippen LogP contribution in [0.3, 0.4) is 0 Å². The van der Waals surface area contributed by atoms with Gasteiger partial charge in [0.15, 0.2) is 0 Å². The van der Waals surface area contributed by atoms with Crippen LogP contribution in [0, 0.1) is 5.92 Å². The van der Waals surface area contributed by atoms with Gasteiger partial charge in [-0.15, -0.1) is 0 Å². The summed E-state index contributed by atoms with van der Waals surface area (Å²) >= 11 is 0. The van der Waals surface area contributed by atoms with Crippen LogP contribution in [0.2, 0.25) is 0 Å². The van der Waals surface area contributed by atoms with E-state index in [0.717, 1.165) is 12.8 Å². The molecule has 1 aliphatic heterocycles. The Balaban J connectivity index is 2.03. The van der Waals surface area contributed by atoms with Crippen molar-refractivity contribution in [3.63, 3.8) is 0 Å². The van der Waals surface area contributed by atoms with Crippen molar-refractivity contribution in [2.24, 2.45) is 5.92 Å². The van der Waals surface area contributed by atoms with Crippen LogP contribution in [0.5, 0.6) is 0 Å². The number of carbonyl (C=O) groups excluding carboxylic acids is 2. The number of Topliss-reactive ketones (excluding diaryl/α,β-unsaturated/α-hetero) is 1. The number of carboxylic acid groups (broad SMARTS) is 1. The van der Waals surface area contributed by atoms with Crippen LogP contribution in [-0.4, -0.2) is 40.3 Å². The summed E-state index contributed by atoms with van der Waals surface area (Å²) in [6.07, 6.45) is 5.16. The molecule has 0 radical (unpaired) electrons. The summed E-state index contributed by atoms with van der Waals surface area (Å²) in [6.45, 7) is 0.558. The van der Waals surface area contributed by atoms with E-state index in [1.807, 2.05) is 0 Å². The molecule has 0 aromatic heterocycles. The molecule has 0 spiro atoms. The lowest BCUT2D eigenvalue weighted by molar-refractivity contribution is -0.152.